The maximum Gasteiger partial charge on any atom is 0.272 e. The number of amides is 1. The highest BCUT2D eigenvalue weighted by Gasteiger charge is 2.32. The molecule has 0 spiro atoms. The highest BCUT2D eigenvalue weighted by atomic mass is 79.9. The van der Waals surface area contributed by atoms with Gasteiger partial charge in [0.15, 0.2) is 0 Å². The number of piperidine rings is 1. The Kier molecular flexibility index (Phi) is 4.48. The Morgan fingerprint density at radius 3 is 2.63 bits per heavy atom. The van der Waals surface area contributed by atoms with Crippen LogP contribution in [0.1, 0.15) is 30.3 Å². The van der Waals surface area contributed by atoms with E-state index in [0.717, 1.165) is 12.8 Å². The summed E-state index contributed by atoms with van der Waals surface area (Å²) in [6.07, 6.45) is 1.67. The second kappa shape index (κ2) is 5.77. The van der Waals surface area contributed by atoms with Crippen molar-refractivity contribution in [2.75, 3.05) is 20.2 Å². The third kappa shape index (κ3) is 3.27. The minimum atomic E-state index is -0.123. The zero-order valence-corrected chi connectivity index (χ0v) is 13.3. The first-order valence-electron chi connectivity index (χ1n) is 6.12. The number of pyridine rings is 1. The molecule has 0 saturated carbocycles. The number of hydrogen-bond donors (Lipinski definition) is 0. The second-order valence-corrected chi connectivity index (χ2v) is 6.13. The van der Waals surface area contributed by atoms with Crippen LogP contribution in [0.25, 0.3) is 0 Å². The van der Waals surface area contributed by atoms with Crippen molar-refractivity contribution in [3.63, 3.8) is 0 Å². The van der Waals surface area contributed by atoms with Gasteiger partial charge in [-0.1, -0.05) is 11.6 Å². The quantitative estimate of drug-likeness (QED) is 0.772. The number of nitrogens with zero attached hydrogens (tertiary/aromatic N) is 2. The van der Waals surface area contributed by atoms with Crippen LogP contribution in [-0.2, 0) is 4.74 Å². The van der Waals surface area contributed by atoms with E-state index >= 15 is 0 Å². The molecule has 19 heavy (non-hydrogen) atoms. The molecule has 1 saturated heterocycles. The summed E-state index contributed by atoms with van der Waals surface area (Å²) in [4.78, 5) is 18.2. The summed E-state index contributed by atoms with van der Waals surface area (Å²) in [6.45, 7) is 3.43. The van der Waals surface area contributed by atoms with Crippen molar-refractivity contribution in [2.24, 2.45) is 0 Å². The van der Waals surface area contributed by atoms with Gasteiger partial charge in [-0.3, -0.25) is 4.79 Å². The van der Waals surface area contributed by atoms with E-state index in [1.165, 1.54) is 0 Å². The fraction of sp³-hybridized carbons (Fsp3) is 0.538. The molecule has 0 aliphatic carbocycles. The number of methoxy groups -OCH3 is 1. The summed E-state index contributed by atoms with van der Waals surface area (Å²) in [5, 5.41) is 0.310. The van der Waals surface area contributed by atoms with Crippen LogP contribution in [-0.4, -0.2) is 41.6 Å². The van der Waals surface area contributed by atoms with Gasteiger partial charge in [-0.05, 0) is 47.8 Å². The van der Waals surface area contributed by atoms with Gasteiger partial charge in [-0.2, -0.15) is 0 Å². The van der Waals surface area contributed by atoms with E-state index in [9.17, 15) is 4.79 Å². The Morgan fingerprint density at radius 2 is 2.11 bits per heavy atom. The predicted molar refractivity (Wildman–Crippen MR) is 77.5 cm³/mol. The number of likely N-dealkylation sites (tertiary alicyclic amines) is 1. The molecule has 0 radical (unpaired) electrons. The molecule has 2 rings (SSSR count). The maximum absolute atomic E-state index is 12.3. The Morgan fingerprint density at radius 1 is 1.47 bits per heavy atom. The largest absolute Gasteiger partial charge is 0.378 e. The molecule has 6 heteroatoms. The Bertz CT molecular complexity index is 488. The third-order valence-electron chi connectivity index (χ3n) is 3.62. The van der Waals surface area contributed by atoms with E-state index in [-0.39, 0.29) is 11.5 Å². The Balaban J connectivity index is 2.07. The van der Waals surface area contributed by atoms with Crippen LogP contribution >= 0.6 is 27.5 Å². The van der Waals surface area contributed by atoms with Gasteiger partial charge in [-0.15, -0.1) is 0 Å². The molecule has 0 aromatic carbocycles. The molecule has 1 aromatic heterocycles. The van der Waals surface area contributed by atoms with E-state index in [2.05, 4.69) is 27.8 Å². The Hall–Kier alpha value is -0.650. The number of hydrogen-bond acceptors (Lipinski definition) is 3. The molecule has 0 atom stereocenters. The maximum atomic E-state index is 12.3. The van der Waals surface area contributed by atoms with Crippen molar-refractivity contribution in [3.05, 3.63) is 27.5 Å². The molecular formula is C13H16BrClN2O2. The number of carbonyl (C=O) groups excluding carboxylic acids is 1. The molecule has 1 fully saturated rings. The minimum absolute atomic E-state index is 0.0763. The summed E-state index contributed by atoms with van der Waals surface area (Å²) in [5.41, 5.74) is 0.260. The molecule has 2 heterocycles. The number of aromatic nitrogens is 1. The van der Waals surface area contributed by atoms with Crippen LogP contribution < -0.4 is 0 Å². The van der Waals surface area contributed by atoms with E-state index in [1.807, 2.05) is 0 Å². The SMILES string of the molecule is COC1(C)CCN(C(=O)c2ccc(Br)c(Cl)n2)CC1. The molecule has 1 aliphatic heterocycles. The van der Waals surface area contributed by atoms with Gasteiger partial charge in [0.1, 0.15) is 10.8 Å². The van der Waals surface area contributed by atoms with Crippen molar-refractivity contribution in [2.45, 2.75) is 25.4 Å². The second-order valence-electron chi connectivity index (χ2n) is 4.92. The molecule has 0 bridgehead atoms. The van der Waals surface area contributed by atoms with Crippen LogP contribution in [0.5, 0.6) is 0 Å². The first-order valence-corrected chi connectivity index (χ1v) is 7.29. The van der Waals surface area contributed by atoms with Crippen LogP contribution in [0.2, 0.25) is 5.15 Å². The topological polar surface area (TPSA) is 42.4 Å². The predicted octanol–water partition coefficient (Wildman–Crippen LogP) is 3.14. The molecule has 104 valence electrons. The fourth-order valence-corrected chi connectivity index (χ4v) is 2.46. The lowest BCUT2D eigenvalue weighted by Gasteiger charge is -2.38. The summed E-state index contributed by atoms with van der Waals surface area (Å²) < 4.78 is 6.16. The molecule has 1 amide bonds. The van der Waals surface area contributed by atoms with Crippen molar-refractivity contribution >= 4 is 33.4 Å². The lowest BCUT2D eigenvalue weighted by Crippen LogP contribution is -2.46. The molecule has 0 N–H and O–H groups in total. The number of carbonyl (C=O) groups is 1. The number of ether oxygens (including phenoxy) is 1. The molecule has 4 nitrogen and oxygen atoms in total. The lowest BCUT2D eigenvalue weighted by atomic mass is 9.93. The monoisotopic (exact) mass is 346 g/mol. The normalized spacial score (nSPS) is 18.4. The van der Waals surface area contributed by atoms with Crippen LogP contribution in [0, 0.1) is 0 Å². The number of halogens is 2. The van der Waals surface area contributed by atoms with Gasteiger partial charge in [0, 0.05) is 20.2 Å². The molecule has 1 aliphatic rings. The average Bonchev–Trinajstić information content (AvgIpc) is 2.42. The fourth-order valence-electron chi connectivity index (χ4n) is 2.09. The van der Waals surface area contributed by atoms with E-state index in [1.54, 1.807) is 24.1 Å². The standard InChI is InChI=1S/C13H16BrClN2O2/c1-13(19-2)5-7-17(8-6-13)12(18)10-4-3-9(14)11(15)16-10/h3-4H,5-8H2,1-2H3. The average molecular weight is 348 g/mol. The van der Waals surface area contributed by atoms with Gasteiger partial charge in [0.25, 0.3) is 5.91 Å². The molecule has 0 unspecified atom stereocenters. The first-order chi connectivity index (χ1) is 8.95. The zero-order chi connectivity index (χ0) is 14.0. The smallest absolute Gasteiger partial charge is 0.272 e. The van der Waals surface area contributed by atoms with E-state index in [4.69, 9.17) is 16.3 Å². The van der Waals surface area contributed by atoms with Crippen molar-refractivity contribution < 1.29 is 9.53 Å². The molecular weight excluding hydrogens is 332 g/mol. The van der Waals surface area contributed by atoms with E-state index in [0.29, 0.717) is 28.4 Å². The summed E-state index contributed by atoms with van der Waals surface area (Å²) in [7, 11) is 1.72. The summed E-state index contributed by atoms with van der Waals surface area (Å²) in [6, 6.07) is 3.42. The van der Waals surface area contributed by atoms with Crippen molar-refractivity contribution in [3.8, 4) is 0 Å². The lowest BCUT2D eigenvalue weighted by molar-refractivity contribution is -0.0380. The van der Waals surface area contributed by atoms with Crippen LogP contribution in [0.4, 0.5) is 0 Å². The summed E-state index contributed by atoms with van der Waals surface area (Å²) in [5.74, 6) is -0.0763. The van der Waals surface area contributed by atoms with Gasteiger partial charge in [-0.25, -0.2) is 4.98 Å². The van der Waals surface area contributed by atoms with Crippen molar-refractivity contribution in [1.82, 2.24) is 9.88 Å². The van der Waals surface area contributed by atoms with Gasteiger partial charge < -0.3 is 9.64 Å². The minimum Gasteiger partial charge on any atom is -0.378 e. The highest BCUT2D eigenvalue weighted by Crippen LogP contribution is 2.26. The van der Waals surface area contributed by atoms with E-state index < -0.39 is 0 Å². The highest BCUT2D eigenvalue weighted by molar-refractivity contribution is 9.10. The zero-order valence-electron chi connectivity index (χ0n) is 10.9. The van der Waals surface area contributed by atoms with Crippen molar-refractivity contribution in [1.29, 1.82) is 0 Å². The Labute approximate surface area is 126 Å². The molecule has 1 aromatic rings. The first kappa shape index (κ1) is 14.8. The van der Waals surface area contributed by atoms with Gasteiger partial charge in [0.2, 0.25) is 0 Å². The number of rotatable bonds is 2. The van der Waals surface area contributed by atoms with Gasteiger partial charge >= 0.3 is 0 Å². The third-order valence-corrected chi connectivity index (χ3v) is 4.78. The van der Waals surface area contributed by atoms with Crippen LogP contribution in [0.3, 0.4) is 0 Å². The van der Waals surface area contributed by atoms with Crippen LogP contribution in [0.15, 0.2) is 16.6 Å². The summed E-state index contributed by atoms with van der Waals surface area (Å²) >= 11 is 9.18. The van der Waals surface area contributed by atoms with Gasteiger partial charge in [0.05, 0.1) is 10.1 Å².